The molecule has 5 amide bonds. The van der Waals surface area contributed by atoms with Gasteiger partial charge < -0.3 is 50.4 Å². The zero-order valence-corrected chi connectivity index (χ0v) is 25.0. The number of amides is 5. The Morgan fingerprint density at radius 2 is 1.24 bits per heavy atom. The zero-order chi connectivity index (χ0) is 30.7. The minimum atomic E-state index is -0.982. The molecule has 0 aliphatic carbocycles. The monoisotopic (exact) mass is 590 g/mol. The van der Waals surface area contributed by atoms with E-state index in [2.05, 4.69) is 45.3 Å². The molecule has 0 heterocycles. The van der Waals surface area contributed by atoms with E-state index in [1.807, 2.05) is 0 Å². The van der Waals surface area contributed by atoms with Crippen LogP contribution >= 0.6 is 0 Å². The lowest BCUT2D eigenvalue weighted by Crippen LogP contribution is -2.50. The van der Waals surface area contributed by atoms with E-state index in [1.165, 1.54) is 14.2 Å². The maximum Gasteiger partial charge on any atom is 0.407 e. The quantitative estimate of drug-likeness (QED) is 0.0938. The minimum Gasteiger partial charge on any atom is -0.447 e. The van der Waals surface area contributed by atoms with Gasteiger partial charge in [-0.3, -0.25) is 14.4 Å². The van der Waals surface area contributed by atoms with E-state index < -0.39 is 30.0 Å². The van der Waals surface area contributed by atoms with Gasteiger partial charge in [-0.2, -0.15) is 0 Å². The lowest BCUT2D eigenvalue weighted by molar-refractivity contribution is -0.128. The van der Waals surface area contributed by atoms with Crippen LogP contribution in [0.2, 0.25) is 0 Å². The van der Waals surface area contributed by atoms with Gasteiger partial charge in [0.2, 0.25) is 17.7 Å². The molecule has 5 N–H and O–H groups in total. The Hall–Kier alpha value is -3.17. The molecule has 0 aromatic heterocycles. The summed E-state index contributed by atoms with van der Waals surface area (Å²) in [4.78, 5) is 62.9. The maximum atomic E-state index is 12.7. The van der Waals surface area contributed by atoms with Crippen molar-refractivity contribution < 1.29 is 42.9 Å². The average Bonchev–Trinajstić information content (AvgIpc) is 2.94. The molecule has 0 saturated heterocycles. The lowest BCUT2D eigenvalue weighted by Gasteiger charge is -2.21. The summed E-state index contributed by atoms with van der Waals surface area (Å²) in [6.45, 7) is 7.67. The third-order valence-electron chi connectivity index (χ3n) is 5.54. The fraction of sp³-hybridized carbons (Fsp3) is 0.808. The Morgan fingerprint density at radius 3 is 1.85 bits per heavy atom. The highest BCUT2D eigenvalue weighted by atomic mass is 16.6. The van der Waals surface area contributed by atoms with Crippen LogP contribution in [0.5, 0.6) is 0 Å². The maximum absolute atomic E-state index is 12.7. The van der Waals surface area contributed by atoms with Crippen LogP contribution in [-0.2, 0) is 33.3 Å². The van der Waals surface area contributed by atoms with Crippen molar-refractivity contribution in [1.82, 2.24) is 31.5 Å². The second kappa shape index (κ2) is 25.8. The van der Waals surface area contributed by atoms with Crippen molar-refractivity contribution in [3.63, 3.8) is 0 Å². The first kappa shape index (κ1) is 37.8. The Morgan fingerprint density at radius 1 is 0.659 bits per heavy atom. The molecule has 1 atom stereocenters. The Balaban J connectivity index is 4.53. The van der Waals surface area contributed by atoms with Crippen molar-refractivity contribution in [2.75, 3.05) is 86.5 Å². The summed E-state index contributed by atoms with van der Waals surface area (Å²) >= 11 is 0. The van der Waals surface area contributed by atoms with Crippen LogP contribution in [0, 0.1) is 0 Å². The van der Waals surface area contributed by atoms with Crippen LogP contribution in [0.15, 0.2) is 0 Å². The Bertz CT molecular complexity index is 751. The molecule has 0 aliphatic heterocycles. The molecule has 0 spiro atoms. The number of rotatable bonds is 24. The Labute approximate surface area is 243 Å². The highest BCUT2D eigenvalue weighted by Gasteiger charge is 2.22. The molecular weight excluding hydrogens is 540 g/mol. The van der Waals surface area contributed by atoms with E-state index in [-0.39, 0.29) is 45.2 Å². The van der Waals surface area contributed by atoms with Crippen molar-refractivity contribution in [2.45, 2.75) is 52.0 Å². The molecule has 0 aromatic rings. The summed E-state index contributed by atoms with van der Waals surface area (Å²) in [7, 11) is 2.96. The average molecular weight is 591 g/mol. The first-order chi connectivity index (χ1) is 19.8. The van der Waals surface area contributed by atoms with Gasteiger partial charge in [0.15, 0.2) is 0 Å². The van der Waals surface area contributed by atoms with Crippen molar-refractivity contribution in [3.8, 4) is 0 Å². The van der Waals surface area contributed by atoms with Crippen LogP contribution in [0.1, 0.15) is 46.0 Å². The molecular formula is C26H50N6O9. The number of ether oxygens (including phenoxy) is 4. The number of nitrogens with one attached hydrogen (secondary N) is 5. The molecule has 41 heavy (non-hydrogen) atoms. The lowest BCUT2D eigenvalue weighted by atomic mass is 10.1. The van der Waals surface area contributed by atoms with Gasteiger partial charge in [0, 0.05) is 33.9 Å². The fourth-order valence-corrected chi connectivity index (χ4v) is 3.52. The largest absolute Gasteiger partial charge is 0.447 e. The van der Waals surface area contributed by atoms with Gasteiger partial charge in [0.1, 0.15) is 19.3 Å². The number of hydrogen-bond donors (Lipinski definition) is 5. The van der Waals surface area contributed by atoms with Gasteiger partial charge in [0.25, 0.3) is 0 Å². The van der Waals surface area contributed by atoms with Gasteiger partial charge in [-0.15, -0.1) is 0 Å². The van der Waals surface area contributed by atoms with Crippen LogP contribution < -0.4 is 26.6 Å². The van der Waals surface area contributed by atoms with Crippen LogP contribution in [0.4, 0.5) is 9.59 Å². The number of unbranched alkanes of at least 4 members (excludes halogenated alkanes) is 1. The molecule has 0 saturated carbocycles. The summed E-state index contributed by atoms with van der Waals surface area (Å²) in [5.74, 6) is -1.47. The summed E-state index contributed by atoms with van der Waals surface area (Å²) in [6, 6.07) is -0.982. The molecule has 0 aromatic carbocycles. The second-order valence-corrected chi connectivity index (χ2v) is 9.06. The van der Waals surface area contributed by atoms with E-state index in [1.54, 1.807) is 0 Å². The molecule has 0 radical (unpaired) electrons. The summed E-state index contributed by atoms with van der Waals surface area (Å²) in [5, 5.41) is 12.8. The second-order valence-electron chi connectivity index (χ2n) is 9.06. The summed E-state index contributed by atoms with van der Waals surface area (Å²) < 4.78 is 19.5. The highest BCUT2D eigenvalue weighted by Crippen LogP contribution is 2.02. The Kier molecular flexibility index (Phi) is 23.8. The number of carbonyl (C=O) groups excluding carboxylic acids is 5. The molecule has 15 heteroatoms. The molecule has 0 bridgehead atoms. The number of carbonyl (C=O) groups is 5. The normalized spacial score (nSPS) is 11.3. The van der Waals surface area contributed by atoms with E-state index in [0.29, 0.717) is 32.5 Å². The predicted molar refractivity (Wildman–Crippen MR) is 151 cm³/mol. The molecule has 15 nitrogen and oxygen atoms in total. The smallest absolute Gasteiger partial charge is 0.407 e. The van der Waals surface area contributed by atoms with E-state index in [4.69, 9.17) is 18.9 Å². The number of methoxy groups -OCH3 is 2. The molecule has 0 aliphatic rings. The number of hydrogen-bond acceptors (Lipinski definition) is 10. The zero-order valence-electron chi connectivity index (χ0n) is 25.0. The van der Waals surface area contributed by atoms with Crippen LogP contribution in [0.3, 0.4) is 0 Å². The standard InChI is InChI=1S/C26H50N6O9/c1-5-12-32(13-6-2)14-11-27-22(33)19-29-23(34)20-30-24(35)21(31-26(37)41-18-16-39-4)9-7-8-10-28-25(36)40-17-15-38-3/h21H,5-20H2,1-4H3,(H,27,33)(H,28,36)(H,29,34)(H,30,35)(H,31,37). The topological polar surface area (TPSA) is 186 Å². The molecule has 0 fully saturated rings. The third-order valence-corrected chi connectivity index (χ3v) is 5.54. The predicted octanol–water partition coefficient (Wildman–Crippen LogP) is -0.259. The molecule has 0 rings (SSSR count). The van der Waals surface area contributed by atoms with Gasteiger partial charge in [-0.25, -0.2) is 9.59 Å². The highest BCUT2D eigenvalue weighted by molar-refractivity contribution is 5.90. The number of nitrogens with zero attached hydrogens (tertiary/aromatic N) is 1. The van der Waals surface area contributed by atoms with Crippen molar-refractivity contribution in [3.05, 3.63) is 0 Å². The molecule has 238 valence electrons. The first-order valence-corrected chi connectivity index (χ1v) is 14.1. The van der Waals surface area contributed by atoms with Gasteiger partial charge in [-0.1, -0.05) is 13.8 Å². The summed E-state index contributed by atoms with van der Waals surface area (Å²) in [5.41, 5.74) is 0. The van der Waals surface area contributed by atoms with E-state index in [0.717, 1.165) is 32.5 Å². The SMILES string of the molecule is CCCN(CCC)CCNC(=O)CNC(=O)CNC(=O)C(CCCCNC(=O)OCCOC)NC(=O)OCCOC. The van der Waals surface area contributed by atoms with Crippen LogP contribution in [-0.4, -0.2) is 127 Å². The van der Waals surface area contributed by atoms with Gasteiger partial charge >= 0.3 is 12.2 Å². The fourth-order valence-electron chi connectivity index (χ4n) is 3.52. The van der Waals surface area contributed by atoms with E-state index >= 15 is 0 Å². The molecule has 1 unspecified atom stereocenters. The minimum absolute atomic E-state index is 0.00544. The third kappa shape index (κ3) is 22.2. The van der Waals surface area contributed by atoms with Crippen molar-refractivity contribution in [1.29, 1.82) is 0 Å². The van der Waals surface area contributed by atoms with Crippen LogP contribution in [0.25, 0.3) is 0 Å². The number of alkyl carbamates (subject to hydrolysis) is 2. The van der Waals surface area contributed by atoms with Crippen molar-refractivity contribution >= 4 is 29.9 Å². The summed E-state index contributed by atoms with van der Waals surface area (Å²) in [6.07, 6.45) is 1.88. The van der Waals surface area contributed by atoms with E-state index in [9.17, 15) is 24.0 Å². The van der Waals surface area contributed by atoms with Gasteiger partial charge in [-0.05, 0) is 45.2 Å². The van der Waals surface area contributed by atoms with Gasteiger partial charge in [0.05, 0.1) is 26.3 Å². The van der Waals surface area contributed by atoms with Crippen molar-refractivity contribution in [2.24, 2.45) is 0 Å². The first-order valence-electron chi connectivity index (χ1n) is 14.1.